The van der Waals surface area contributed by atoms with Gasteiger partial charge in [-0.05, 0) is 56.7 Å². The molecule has 1 aromatic rings. The van der Waals surface area contributed by atoms with E-state index in [0.29, 0.717) is 12.0 Å². The maximum absolute atomic E-state index is 4.66. The summed E-state index contributed by atoms with van der Waals surface area (Å²) in [5, 5.41) is 3.53. The number of hydrogen-bond acceptors (Lipinski definition) is 2. The molecule has 1 N–H and O–H groups in total. The average Bonchev–Trinajstić information content (AvgIpc) is 2.39. The van der Waals surface area contributed by atoms with Crippen molar-refractivity contribution in [2.24, 2.45) is 5.92 Å². The van der Waals surface area contributed by atoms with E-state index in [1.807, 2.05) is 6.20 Å². The predicted molar refractivity (Wildman–Crippen MR) is 76.8 cm³/mol. The first-order valence-corrected chi connectivity index (χ1v) is 7.33. The lowest BCUT2D eigenvalue weighted by molar-refractivity contribution is 0.361. The Morgan fingerprint density at radius 2 is 2.22 bits per heavy atom. The van der Waals surface area contributed by atoms with E-state index in [1.165, 1.54) is 43.4 Å². The van der Waals surface area contributed by atoms with Crippen LogP contribution in [0.2, 0.25) is 0 Å². The molecule has 0 aliphatic heterocycles. The average molecular weight is 246 g/mol. The number of likely N-dealkylation sites (N-methyl/N-ethyl adjacent to an activating group) is 1. The zero-order chi connectivity index (χ0) is 13.0. The molecule has 0 bridgehead atoms. The molecule has 2 unspecified atom stereocenters. The summed E-state index contributed by atoms with van der Waals surface area (Å²) in [6, 6.07) is 4.91. The first kappa shape index (κ1) is 13.5. The molecule has 0 fully saturated rings. The van der Waals surface area contributed by atoms with Gasteiger partial charge in [0.05, 0.1) is 0 Å². The van der Waals surface area contributed by atoms with E-state index in [9.17, 15) is 0 Å². The first-order valence-electron chi connectivity index (χ1n) is 7.33. The predicted octanol–water partition coefficient (Wildman–Crippen LogP) is 3.53. The van der Waals surface area contributed by atoms with Crippen LogP contribution in [-0.2, 0) is 6.42 Å². The molecule has 2 atom stereocenters. The Hall–Kier alpha value is -0.890. The van der Waals surface area contributed by atoms with Crippen LogP contribution in [0.4, 0.5) is 0 Å². The highest BCUT2D eigenvalue weighted by atomic mass is 14.9. The van der Waals surface area contributed by atoms with Crippen LogP contribution in [0.1, 0.15) is 56.7 Å². The number of aryl methyl sites for hydroxylation is 1. The van der Waals surface area contributed by atoms with Crippen molar-refractivity contribution < 1.29 is 0 Å². The maximum Gasteiger partial charge on any atom is 0.0481 e. The van der Waals surface area contributed by atoms with Crippen LogP contribution in [0, 0.1) is 5.92 Å². The van der Waals surface area contributed by atoms with Crippen LogP contribution >= 0.6 is 0 Å². The van der Waals surface area contributed by atoms with Crippen molar-refractivity contribution >= 4 is 0 Å². The van der Waals surface area contributed by atoms with Gasteiger partial charge in [-0.25, -0.2) is 0 Å². The quantitative estimate of drug-likeness (QED) is 0.859. The van der Waals surface area contributed by atoms with Gasteiger partial charge in [-0.2, -0.15) is 0 Å². The molecule has 0 saturated carbocycles. The standard InChI is InChI=1S/C16H26N2/c1-12(2)9-10-15(17-3)14-8-4-6-13-7-5-11-18-16(13)14/h5,7,11-12,14-15,17H,4,6,8-10H2,1-3H3. The highest BCUT2D eigenvalue weighted by Crippen LogP contribution is 2.34. The van der Waals surface area contributed by atoms with E-state index in [2.05, 4.69) is 43.3 Å². The molecular formula is C16H26N2. The first-order chi connectivity index (χ1) is 8.72. The number of rotatable bonds is 5. The third-order valence-corrected chi connectivity index (χ3v) is 4.15. The number of pyridine rings is 1. The Morgan fingerprint density at radius 3 is 2.94 bits per heavy atom. The minimum Gasteiger partial charge on any atom is -0.316 e. The van der Waals surface area contributed by atoms with Crippen molar-refractivity contribution in [3.63, 3.8) is 0 Å². The third-order valence-electron chi connectivity index (χ3n) is 4.15. The summed E-state index contributed by atoms with van der Waals surface area (Å²) in [5.74, 6) is 1.39. The molecule has 0 amide bonds. The molecule has 100 valence electrons. The summed E-state index contributed by atoms with van der Waals surface area (Å²) in [7, 11) is 2.10. The summed E-state index contributed by atoms with van der Waals surface area (Å²) in [6.07, 6.45) is 8.31. The van der Waals surface area contributed by atoms with Crippen LogP contribution in [0.25, 0.3) is 0 Å². The largest absolute Gasteiger partial charge is 0.316 e. The molecule has 0 aromatic carbocycles. The third kappa shape index (κ3) is 3.11. The van der Waals surface area contributed by atoms with E-state index in [0.717, 1.165) is 5.92 Å². The Kier molecular flexibility index (Phi) is 4.76. The summed E-state index contributed by atoms with van der Waals surface area (Å²) in [5.41, 5.74) is 2.82. The fourth-order valence-electron chi connectivity index (χ4n) is 3.10. The molecular weight excluding hydrogens is 220 g/mol. The van der Waals surface area contributed by atoms with Crippen LogP contribution < -0.4 is 5.32 Å². The molecule has 2 nitrogen and oxygen atoms in total. The second kappa shape index (κ2) is 6.33. The molecule has 1 aromatic heterocycles. The Balaban J connectivity index is 2.12. The summed E-state index contributed by atoms with van der Waals surface area (Å²) >= 11 is 0. The summed E-state index contributed by atoms with van der Waals surface area (Å²) < 4.78 is 0. The minimum atomic E-state index is 0.585. The van der Waals surface area contributed by atoms with Crippen LogP contribution in [0.15, 0.2) is 18.3 Å². The van der Waals surface area contributed by atoms with Crippen LogP contribution in [0.3, 0.4) is 0 Å². The minimum absolute atomic E-state index is 0.585. The van der Waals surface area contributed by atoms with Gasteiger partial charge in [-0.1, -0.05) is 19.9 Å². The van der Waals surface area contributed by atoms with Crippen molar-refractivity contribution in [1.29, 1.82) is 0 Å². The number of nitrogens with zero attached hydrogens (tertiary/aromatic N) is 1. The van der Waals surface area contributed by atoms with Crippen LogP contribution in [0.5, 0.6) is 0 Å². The second-order valence-corrected chi connectivity index (χ2v) is 5.91. The van der Waals surface area contributed by atoms with Gasteiger partial charge in [0.2, 0.25) is 0 Å². The van der Waals surface area contributed by atoms with Gasteiger partial charge >= 0.3 is 0 Å². The second-order valence-electron chi connectivity index (χ2n) is 5.91. The molecule has 1 aliphatic rings. The van der Waals surface area contributed by atoms with Crippen molar-refractivity contribution in [1.82, 2.24) is 10.3 Å². The summed E-state index contributed by atoms with van der Waals surface area (Å²) in [4.78, 5) is 4.66. The van der Waals surface area contributed by atoms with E-state index >= 15 is 0 Å². The zero-order valence-corrected chi connectivity index (χ0v) is 11.9. The van der Waals surface area contributed by atoms with E-state index < -0.39 is 0 Å². The van der Waals surface area contributed by atoms with Gasteiger partial charge in [0.1, 0.15) is 0 Å². The van der Waals surface area contributed by atoms with Crippen molar-refractivity contribution in [2.45, 2.75) is 57.9 Å². The number of fused-ring (bicyclic) bond motifs is 1. The lowest BCUT2D eigenvalue weighted by Crippen LogP contribution is -2.35. The van der Waals surface area contributed by atoms with Gasteiger partial charge in [0.15, 0.2) is 0 Å². The molecule has 2 rings (SSSR count). The van der Waals surface area contributed by atoms with Gasteiger partial charge < -0.3 is 5.32 Å². The Bertz CT molecular complexity index is 373. The fraction of sp³-hybridized carbons (Fsp3) is 0.688. The van der Waals surface area contributed by atoms with Crippen molar-refractivity contribution in [3.8, 4) is 0 Å². The highest BCUT2D eigenvalue weighted by molar-refractivity contribution is 5.27. The van der Waals surface area contributed by atoms with Crippen LogP contribution in [-0.4, -0.2) is 18.1 Å². The van der Waals surface area contributed by atoms with Crippen molar-refractivity contribution in [2.75, 3.05) is 7.05 Å². The molecule has 1 aliphatic carbocycles. The molecule has 2 heteroatoms. The molecule has 0 saturated heterocycles. The molecule has 0 radical (unpaired) electrons. The number of nitrogens with one attached hydrogen (secondary N) is 1. The smallest absolute Gasteiger partial charge is 0.0481 e. The van der Waals surface area contributed by atoms with E-state index in [4.69, 9.17) is 0 Å². The molecule has 18 heavy (non-hydrogen) atoms. The Labute approximate surface area is 111 Å². The maximum atomic E-state index is 4.66. The van der Waals surface area contributed by atoms with E-state index in [1.54, 1.807) is 0 Å². The number of hydrogen-bond donors (Lipinski definition) is 1. The molecule has 0 spiro atoms. The SMILES string of the molecule is CNC(CCC(C)C)C1CCCc2cccnc21. The van der Waals surface area contributed by atoms with Crippen molar-refractivity contribution in [3.05, 3.63) is 29.6 Å². The molecule has 1 heterocycles. The van der Waals surface area contributed by atoms with E-state index in [-0.39, 0.29) is 0 Å². The normalized spacial score (nSPS) is 20.8. The van der Waals surface area contributed by atoms with Gasteiger partial charge in [-0.3, -0.25) is 4.98 Å². The number of aromatic nitrogens is 1. The summed E-state index contributed by atoms with van der Waals surface area (Å²) in [6.45, 7) is 4.61. The topological polar surface area (TPSA) is 24.9 Å². The zero-order valence-electron chi connectivity index (χ0n) is 11.9. The fourth-order valence-corrected chi connectivity index (χ4v) is 3.10. The highest BCUT2D eigenvalue weighted by Gasteiger charge is 2.27. The van der Waals surface area contributed by atoms with Gasteiger partial charge in [0.25, 0.3) is 0 Å². The van der Waals surface area contributed by atoms with Gasteiger partial charge in [0, 0.05) is 23.9 Å². The lowest BCUT2D eigenvalue weighted by Gasteiger charge is -2.31. The van der Waals surface area contributed by atoms with Gasteiger partial charge in [-0.15, -0.1) is 0 Å². The lowest BCUT2D eigenvalue weighted by atomic mass is 9.80. The Morgan fingerprint density at radius 1 is 1.39 bits per heavy atom. The monoisotopic (exact) mass is 246 g/mol.